The average Bonchev–Trinajstić information content (AvgIpc) is 3.30. The Morgan fingerprint density at radius 1 is 1.33 bits per heavy atom. The van der Waals surface area contributed by atoms with Gasteiger partial charge in [-0.15, -0.1) is 0 Å². The molecule has 0 spiro atoms. The number of hydrogen-bond acceptors (Lipinski definition) is 4. The number of amides is 1. The first-order valence-corrected chi connectivity index (χ1v) is 8.18. The Morgan fingerprint density at radius 3 is 2.92 bits per heavy atom. The van der Waals surface area contributed by atoms with Crippen LogP contribution in [0.25, 0.3) is 0 Å². The number of nitrogens with zero attached hydrogens (tertiary/aromatic N) is 3. The molecule has 1 aliphatic rings. The molecule has 2 aromatic rings. The maximum absolute atomic E-state index is 12.4. The molecule has 0 bridgehead atoms. The molecule has 6 heteroatoms. The van der Waals surface area contributed by atoms with Crippen molar-refractivity contribution in [2.45, 2.75) is 25.3 Å². The minimum atomic E-state index is 0.176. The number of hydrogen-bond donors (Lipinski definition) is 0. The summed E-state index contributed by atoms with van der Waals surface area (Å²) in [4.78, 5) is 14.4. The smallest absolute Gasteiger partial charge is 0.224 e. The first-order chi connectivity index (χ1) is 11.7. The number of aromatic nitrogens is 2. The highest BCUT2D eigenvalue weighted by Gasteiger charge is 2.29. The first-order valence-electron chi connectivity index (χ1n) is 8.18. The van der Waals surface area contributed by atoms with Gasteiger partial charge in [-0.25, -0.2) is 0 Å². The van der Waals surface area contributed by atoms with Gasteiger partial charge in [0.05, 0.1) is 14.2 Å². The average molecular weight is 329 g/mol. The van der Waals surface area contributed by atoms with Crippen LogP contribution in [0, 0.1) is 0 Å². The van der Waals surface area contributed by atoms with E-state index in [4.69, 9.17) is 9.47 Å². The van der Waals surface area contributed by atoms with Crippen molar-refractivity contribution in [2.75, 3.05) is 27.3 Å². The van der Waals surface area contributed by atoms with Crippen molar-refractivity contribution in [3.63, 3.8) is 0 Å². The van der Waals surface area contributed by atoms with Gasteiger partial charge in [0.1, 0.15) is 11.5 Å². The van der Waals surface area contributed by atoms with Crippen LogP contribution in [0.15, 0.2) is 36.7 Å². The summed E-state index contributed by atoms with van der Waals surface area (Å²) in [5, 5.41) is 4.13. The molecule has 0 saturated carbocycles. The number of carbonyl (C=O) groups excluding carboxylic acids is 1. The largest absolute Gasteiger partial charge is 0.497 e. The summed E-state index contributed by atoms with van der Waals surface area (Å²) in [6.07, 6.45) is 5.02. The molecular formula is C18H23N3O3. The quantitative estimate of drug-likeness (QED) is 0.816. The molecule has 2 heterocycles. The van der Waals surface area contributed by atoms with Gasteiger partial charge >= 0.3 is 0 Å². The van der Waals surface area contributed by atoms with Crippen molar-refractivity contribution in [3.05, 3.63) is 42.2 Å². The van der Waals surface area contributed by atoms with E-state index in [2.05, 4.69) is 5.10 Å². The van der Waals surface area contributed by atoms with Crippen LogP contribution >= 0.6 is 0 Å². The lowest BCUT2D eigenvalue weighted by Crippen LogP contribution is -2.29. The van der Waals surface area contributed by atoms with E-state index in [1.54, 1.807) is 25.1 Å². The van der Waals surface area contributed by atoms with Crippen molar-refractivity contribution in [2.24, 2.45) is 0 Å². The molecule has 1 aliphatic heterocycles. The van der Waals surface area contributed by atoms with Crippen LogP contribution in [0.5, 0.6) is 11.5 Å². The highest BCUT2D eigenvalue weighted by molar-refractivity contribution is 5.76. The zero-order valence-corrected chi connectivity index (χ0v) is 14.1. The molecule has 3 rings (SSSR count). The van der Waals surface area contributed by atoms with Gasteiger partial charge in [-0.3, -0.25) is 9.48 Å². The number of likely N-dealkylation sites (tertiary alicyclic amines) is 1. The van der Waals surface area contributed by atoms with E-state index in [1.807, 2.05) is 35.4 Å². The van der Waals surface area contributed by atoms with Gasteiger partial charge in [0.15, 0.2) is 0 Å². The Kier molecular flexibility index (Phi) is 5.03. The summed E-state index contributed by atoms with van der Waals surface area (Å²) >= 11 is 0. The van der Waals surface area contributed by atoms with Gasteiger partial charge in [0.2, 0.25) is 5.91 Å². The predicted octanol–water partition coefficient (Wildman–Crippen LogP) is 2.31. The fourth-order valence-corrected chi connectivity index (χ4v) is 3.20. The number of ether oxygens (including phenoxy) is 2. The Balaban J connectivity index is 1.63. The molecule has 1 atom stereocenters. The third-order valence-electron chi connectivity index (χ3n) is 4.53. The van der Waals surface area contributed by atoms with Crippen LogP contribution in [0.3, 0.4) is 0 Å². The van der Waals surface area contributed by atoms with Gasteiger partial charge in [0.25, 0.3) is 0 Å². The lowest BCUT2D eigenvalue weighted by molar-refractivity contribution is -0.130. The van der Waals surface area contributed by atoms with Gasteiger partial charge in [-0.05, 0) is 30.7 Å². The summed E-state index contributed by atoms with van der Waals surface area (Å²) in [6, 6.07) is 7.70. The van der Waals surface area contributed by atoms with Crippen LogP contribution in [-0.4, -0.2) is 47.9 Å². The number of rotatable bonds is 6. The standard InChI is InChI=1S/C18H23N3O3/c1-23-15-4-5-17(24-2)16(12-15)14-6-10-20(13-14)18(22)7-11-21-9-3-8-19-21/h3-5,8-9,12,14H,6-7,10-11,13H2,1-2H3/t14-/m1/s1. The Morgan fingerprint density at radius 2 is 2.21 bits per heavy atom. The third kappa shape index (κ3) is 3.53. The molecule has 6 nitrogen and oxygen atoms in total. The van der Waals surface area contributed by atoms with Crippen LogP contribution < -0.4 is 9.47 Å². The van der Waals surface area contributed by atoms with Gasteiger partial charge in [0, 0.05) is 49.9 Å². The molecule has 0 N–H and O–H groups in total. The van der Waals surface area contributed by atoms with Gasteiger partial charge in [-0.2, -0.15) is 5.10 Å². The van der Waals surface area contributed by atoms with Crippen molar-refractivity contribution < 1.29 is 14.3 Å². The molecule has 0 radical (unpaired) electrons. The maximum atomic E-state index is 12.4. The van der Waals surface area contributed by atoms with E-state index in [-0.39, 0.29) is 11.8 Å². The topological polar surface area (TPSA) is 56.6 Å². The van der Waals surface area contributed by atoms with Gasteiger partial charge in [-0.1, -0.05) is 0 Å². The van der Waals surface area contributed by atoms with E-state index < -0.39 is 0 Å². The van der Waals surface area contributed by atoms with Crippen molar-refractivity contribution in [1.82, 2.24) is 14.7 Å². The fourth-order valence-electron chi connectivity index (χ4n) is 3.20. The second-order valence-electron chi connectivity index (χ2n) is 5.95. The van der Waals surface area contributed by atoms with Crippen molar-refractivity contribution in [1.29, 1.82) is 0 Å². The van der Waals surface area contributed by atoms with Crippen molar-refractivity contribution in [3.8, 4) is 11.5 Å². The van der Waals surface area contributed by atoms with E-state index in [9.17, 15) is 4.79 Å². The second-order valence-corrected chi connectivity index (χ2v) is 5.95. The molecular weight excluding hydrogens is 306 g/mol. The Hall–Kier alpha value is -2.50. The predicted molar refractivity (Wildman–Crippen MR) is 90.3 cm³/mol. The zero-order chi connectivity index (χ0) is 16.9. The van der Waals surface area contributed by atoms with E-state index >= 15 is 0 Å². The SMILES string of the molecule is COc1ccc(OC)c([C@@H]2CCN(C(=O)CCn3cccn3)C2)c1. The van der Waals surface area contributed by atoms with Crippen molar-refractivity contribution >= 4 is 5.91 Å². The molecule has 1 fully saturated rings. The van der Waals surface area contributed by atoms with E-state index in [0.29, 0.717) is 13.0 Å². The minimum absolute atomic E-state index is 0.176. The Bertz CT molecular complexity index is 685. The summed E-state index contributed by atoms with van der Waals surface area (Å²) in [5.74, 6) is 2.12. The highest BCUT2D eigenvalue weighted by Crippen LogP contribution is 2.36. The minimum Gasteiger partial charge on any atom is -0.497 e. The van der Waals surface area contributed by atoms with Gasteiger partial charge < -0.3 is 14.4 Å². The zero-order valence-electron chi connectivity index (χ0n) is 14.1. The number of benzene rings is 1. The molecule has 1 amide bonds. The van der Waals surface area contributed by atoms with Crippen LogP contribution in [0.2, 0.25) is 0 Å². The molecule has 0 unspecified atom stereocenters. The summed E-state index contributed by atoms with van der Waals surface area (Å²) in [6.45, 7) is 2.12. The number of carbonyl (C=O) groups is 1. The number of methoxy groups -OCH3 is 2. The third-order valence-corrected chi connectivity index (χ3v) is 4.53. The molecule has 128 valence electrons. The Labute approximate surface area is 142 Å². The summed E-state index contributed by atoms with van der Waals surface area (Å²) < 4.78 is 12.6. The van der Waals surface area contributed by atoms with Crippen LogP contribution in [-0.2, 0) is 11.3 Å². The monoisotopic (exact) mass is 329 g/mol. The fraction of sp³-hybridized carbons (Fsp3) is 0.444. The van der Waals surface area contributed by atoms with E-state index in [0.717, 1.165) is 36.6 Å². The summed E-state index contributed by atoms with van der Waals surface area (Å²) in [7, 11) is 3.33. The van der Waals surface area contributed by atoms with E-state index in [1.165, 1.54) is 0 Å². The van der Waals surface area contributed by atoms with Crippen LogP contribution in [0.4, 0.5) is 0 Å². The van der Waals surface area contributed by atoms with Crippen LogP contribution in [0.1, 0.15) is 24.3 Å². The first kappa shape index (κ1) is 16.4. The lowest BCUT2D eigenvalue weighted by atomic mass is 9.97. The lowest BCUT2D eigenvalue weighted by Gasteiger charge is -2.18. The molecule has 1 aromatic heterocycles. The summed E-state index contributed by atoms with van der Waals surface area (Å²) in [5.41, 5.74) is 1.11. The number of aryl methyl sites for hydroxylation is 1. The highest BCUT2D eigenvalue weighted by atomic mass is 16.5. The molecule has 1 saturated heterocycles. The maximum Gasteiger partial charge on any atom is 0.224 e. The molecule has 1 aromatic carbocycles. The molecule has 24 heavy (non-hydrogen) atoms. The molecule has 0 aliphatic carbocycles. The second kappa shape index (κ2) is 7.38. The normalized spacial score (nSPS) is 17.1.